The molecule has 1 aliphatic rings. The van der Waals surface area contributed by atoms with Gasteiger partial charge < -0.3 is 8.98 Å². The SMILES string of the molecule is CC1CCC(Cn2c(C(C)(F)c3ccccc3F)nc3nc(-c4n[nH]c(=O)o4)nc(-c4cncc(Cl)c4)c32)CC1. The minimum atomic E-state index is -2.31. The van der Waals surface area contributed by atoms with Crippen LogP contribution < -0.4 is 5.76 Å². The first-order valence-corrected chi connectivity index (χ1v) is 13.5. The molecule has 4 aromatic heterocycles. The zero-order chi connectivity index (χ0) is 28.0. The van der Waals surface area contributed by atoms with Gasteiger partial charge in [-0.25, -0.2) is 33.6 Å². The summed E-state index contributed by atoms with van der Waals surface area (Å²) in [6, 6.07) is 7.42. The Hall–Kier alpha value is -3.99. The Bertz CT molecular complexity index is 1760. The van der Waals surface area contributed by atoms with E-state index in [-0.39, 0.29) is 34.7 Å². The molecule has 9 nitrogen and oxygen atoms in total. The second-order valence-corrected chi connectivity index (χ2v) is 11.0. The van der Waals surface area contributed by atoms with Crippen LogP contribution in [-0.2, 0) is 12.2 Å². The standard InChI is InChI=1S/C28H26ClF2N7O2/c1-15-7-9-16(10-8-15)14-38-22-21(17-11-18(29)13-32-12-17)33-24(25-36-37-27(39)40-25)34-23(22)35-26(38)28(2,31)19-5-3-4-6-20(19)30/h3-6,11-13,15-16H,7-10,14H2,1-2H3,(H,37,39). The van der Waals surface area contributed by atoms with E-state index in [0.29, 0.717) is 34.3 Å². The molecule has 5 aromatic rings. The quantitative estimate of drug-likeness (QED) is 0.265. The summed E-state index contributed by atoms with van der Waals surface area (Å²) in [7, 11) is 0. The van der Waals surface area contributed by atoms with Gasteiger partial charge in [0, 0.05) is 30.1 Å². The number of aromatic amines is 1. The number of benzene rings is 1. The molecular weight excluding hydrogens is 540 g/mol. The Labute approximate surface area is 232 Å². The number of pyridine rings is 1. The molecule has 0 spiro atoms. The average Bonchev–Trinajstić information content (AvgIpc) is 3.53. The molecule has 1 atom stereocenters. The molecule has 40 heavy (non-hydrogen) atoms. The van der Waals surface area contributed by atoms with Crippen molar-refractivity contribution in [3.05, 3.63) is 75.5 Å². The lowest BCUT2D eigenvalue weighted by molar-refractivity contribution is 0.209. The van der Waals surface area contributed by atoms with Crippen LogP contribution in [0.25, 0.3) is 34.1 Å². The normalized spacial score (nSPS) is 19.1. The van der Waals surface area contributed by atoms with Crippen molar-refractivity contribution in [3.63, 3.8) is 0 Å². The van der Waals surface area contributed by atoms with Gasteiger partial charge in [0.2, 0.25) is 5.82 Å². The molecule has 0 radical (unpaired) electrons. The maximum atomic E-state index is 16.9. The fourth-order valence-corrected chi connectivity index (χ4v) is 5.64. The molecule has 4 heterocycles. The van der Waals surface area contributed by atoms with Crippen molar-refractivity contribution < 1.29 is 13.2 Å². The second-order valence-electron chi connectivity index (χ2n) is 10.5. The van der Waals surface area contributed by atoms with Crippen molar-refractivity contribution in [2.75, 3.05) is 0 Å². The highest BCUT2D eigenvalue weighted by atomic mass is 35.5. The van der Waals surface area contributed by atoms with Crippen LogP contribution in [-0.4, -0.2) is 34.7 Å². The molecule has 1 fully saturated rings. The van der Waals surface area contributed by atoms with Crippen LogP contribution in [0.2, 0.25) is 5.02 Å². The summed E-state index contributed by atoms with van der Waals surface area (Å²) in [5, 5.41) is 6.42. The molecule has 6 rings (SSSR count). The van der Waals surface area contributed by atoms with Gasteiger partial charge >= 0.3 is 5.76 Å². The zero-order valence-electron chi connectivity index (χ0n) is 21.9. The Morgan fingerprint density at radius 3 is 2.62 bits per heavy atom. The molecular formula is C28H26ClF2N7O2. The molecule has 206 valence electrons. The zero-order valence-corrected chi connectivity index (χ0v) is 22.6. The van der Waals surface area contributed by atoms with Crippen molar-refractivity contribution in [1.29, 1.82) is 0 Å². The van der Waals surface area contributed by atoms with Gasteiger partial charge in [0.15, 0.2) is 17.1 Å². The number of nitrogens with one attached hydrogen (secondary N) is 1. The van der Waals surface area contributed by atoms with Crippen molar-refractivity contribution in [2.45, 2.75) is 51.7 Å². The molecule has 0 saturated heterocycles. The summed E-state index contributed by atoms with van der Waals surface area (Å²) in [4.78, 5) is 29.7. The van der Waals surface area contributed by atoms with E-state index in [1.807, 2.05) is 0 Å². The summed E-state index contributed by atoms with van der Waals surface area (Å²) >= 11 is 6.28. The number of hydrogen-bond donors (Lipinski definition) is 1. The topological polar surface area (TPSA) is 115 Å². The lowest BCUT2D eigenvalue weighted by Crippen LogP contribution is -2.27. The molecule has 0 bridgehead atoms. The number of fused-ring (bicyclic) bond motifs is 1. The monoisotopic (exact) mass is 565 g/mol. The number of imidazole rings is 1. The predicted molar refractivity (Wildman–Crippen MR) is 145 cm³/mol. The Balaban J connectivity index is 1.64. The van der Waals surface area contributed by atoms with Crippen molar-refractivity contribution in [3.8, 4) is 23.0 Å². The molecule has 0 amide bonds. The molecule has 1 aliphatic carbocycles. The molecule has 1 aromatic carbocycles. The molecule has 1 unspecified atom stereocenters. The number of nitrogens with zero attached hydrogens (tertiary/aromatic N) is 6. The fraction of sp³-hybridized carbons (Fsp3) is 0.357. The minimum Gasteiger partial charge on any atom is -0.384 e. The maximum Gasteiger partial charge on any atom is 0.434 e. The van der Waals surface area contributed by atoms with Crippen LogP contribution in [0.4, 0.5) is 8.78 Å². The second kappa shape index (κ2) is 10.2. The van der Waals surface area contributed by atoms with E-state index in [2.05, 4.69) is 37.1 Å². The number of H-pyrrole nitrogens is 1. The van der Waals surface area contributed by atoms with Gasteiger partial charge in [-0.3, -0.25) is 4.98 Å². The Kier molecular flexibility index (Phi) is 6.69. The van der Waals surface area contributed by atoms with Crippen LogP contribution in [0.15, 0.2) is 51.9 Å². The van der Waals surface area contributed by atoms with Gasteiger partial charge in [-0.05, 0) is 43.7 Å². The van der Waals surface area contributed by atoms with Crippen molar-refractivity contribution in [2.24, 2.45) is 11.8 Å². The Morgan fingerprint density at radius 1 is 1.15 bits per heavy atom. The Morgan fingerprint density at radius 2 is 1.93 bits per heavy atom. The highest BCUT2D eigenvalue weighted by Gasteiger charge is 2.39. The van der Waals surface area contributed by atoms with Gasteiger partial charge in [0.05, 0.1) is 5.02 Å². The molecule has 1 N–H and O–H groups in total. The third-order valence-corrected chi connectivity index (χ3v) is 7.79. The van der Waals surface area contributed by atoms with E-state index in [4.69, 9.17) is 16.0 Å². The van der Waals surface area contributed by atoms with Gasteiger partial charge in [-0.15, -0.1) is 5.10 Å². The largest absolute Gasteiger partial charge is 0.434 e. The third kappa shape index (κ3) is 4.78. The number of aromatic nitrogens is 7. The summed E-state index contributed by atoms with van der Waals surface area (Å²) in [6.07, 6.45) is 7.12. The van der Waals surface area contributed by atoms with Crippen LogP contribution in [0, 0.1) is 17.7 Å². The summed E-state index contributed by atoms with van der Waals surface area (Å²) < 4.78 is 38.7. The van der Waals surface area contributed by atoms with E-state index >= 15 is 4.39 Å². The van der Waals surface area contributed by atoms with Gasteiger partial charge in [-0.2, -0.15) is 0 Å². The van der Waals surface area contributed by atoms with Gasteiger partial charge in [0.25, 0.3) is 5.89 Å². The van der Waals surface area contributed by atoms with Gasteiger partial charge in [0.1, 0.15) is 17.0 Å². The molecule has 0 aliphatic heterocycles. The number of rotatable bonds is 6. The number of halogens is 3. The third-order valence-electron chi connectivity index (χ3n) is 7.59. The van der Waals surface area contributed by atoms with Gasteiger partial charge in [-0.1, -0.05) is 49.6 Å². The number of hydrogen-bond acceptors (Lipinski definition) is 7. The van der Waals surface area contributed by atoms with E-state index in [9.17, 15) is 9.18 Å². The van der Waals surface area contributed by atoms with E-state index in [1.165, 1.54) is 31.3 Å². The molecule has 12 heteroatoms. The highest BCUT2D eigenvalue weighted by molar-refractivity contribution is 6.30. The first kappa shape index (κ1) is 26.2. The predicted octanol–water partition coefficient (Wildman–Crippen LogP) is 6.08. The van der Waals surface area contributed by atoms with Crippen molar-refractivity contribution >= 4 is 22.8 Å². The van der Waals surface area contributed by atoms with Crippen LogP contribution in [0.1, 0.15) is 50.9 Å². The lowest BCUT2D eigenvalue weighted by atomic mass is 9.83. The van der Waals surface area contributed by atoms with E-state index < -0.39 is 17.2 Å². The lowest BCUT2D eigenvalue weighted by Gasteiger charge is -2.29. The smallest absolute Gasteiger partial charge is 0.384 e. The minimum absolute atomic E-state index is 0.00242. The average molecular weight is 566 g/mol. The molecule has 1 saturated carbocycles. The van der Waals surface area contributed by atoms with E-state index in [1.54, 1.807) is 22.9 Å². The first-order valence-electron chi connectivity index (χ1n) is 13.1. The highest BCUT2D eigenvalue weighted by Crippen LogP contribution is 2.40. The first-order chi connectivity index (χ1) is 19.2. The van der Waals surface area contributed by atoms with Crippen LogP contribution in [0.3, 0.4) is 0 Å². The van der Waals surface area contributed by atoms with Crippen molar-refractivity contribution in [1.82, 2.24) is 34.7 Å². The summed E-state index contributed by atoms with van der Waals surface area (Å²) in [5.41, 5.74) is -0.981. The summed E-state index contributed by atoms with van der Waals surface area (Å²) in [6.45, 7) is 3.97. The van der Waals surface area contributed by atoms with E-state index in [0.717, 1.165) is 25.7 Å². The van der Waals surface area contributed by atoms with Crippen LogP contribution in [0.5, 0.6) is 0 Å². The fourth-order valence-electron chi connectivity index (χ4n) is 5.47. The summed E-state index contributed by atoms with van der Waals surface area (Å²) in [5.74, 6) is -0.772. The maximum absolute atomic E-state index is 16.9. The number of alkyl halides is 1. The van der Waals surface area contributed by atoms with Crippen LogP contribution >= 0.6 is 11.6 Å².